The van der Waals surface area contributed by atoms with E-state index in [2.05, 4.69) is 31.2 Å². The second-order valence-electron chi connectivity index (χ2n) is 7.32. The number of aliphatic hydroxyl groups is 1. The molecule has 2 aliphatic rings. The molecule has 3 aromatic rings. The third-order valence-electron chi connectivity index (χ3n) is 5.36. The van der Waals surface area contributed by atoms with E-state index in [0.717, 1.165) is 15.5 Å². The summed E-state index contributed by atoms with van der Waals surface area (Å²) in [5.74, 6) is 1.66. The summed E-state index contributed by atoms with van der Waals surface area (Å²) < 4.78 is 23.8. The van der Waals surface area contributed by atoms with Gasteiger partial charge in [-0.2, -0.15) is 0 Å². The quantitative estimate of drug-likeness (QED) is 0.539. The second kappa shape index (κ2) is 8.40. The molecule has 0 radical (unpaired) electrons. The van der Waals surface area contributed by atoms with Crippen LogP contribution in [-0.2, 0) is 9.47 Å². The third kappa shape index (κ3) is 3.92. The molecule has 0 unspecified atom stereocenters. The van der Waals surface area contributed by atoms with Crippen LogP contribution in [0.2, 0.25) is 5.02 Å². The van der Waals surface area contributed by atoms with Crippen LogP contribution < -0.4 is 14.8 Å². The van der Waals surface area contributed by atoms with E-state index in [-0.39, 0.29) is 24.9 Å². The number of rotatable bonds is 5. The zero-order valence-corrected chi connectivity index (χ0v) is 18.8. The maximum atomic E-state index is 9.94. The highest BCUT2D eigenvalue weighted by atomic mass is 79.9. The van der Waals surface area contributed by atoms with Crippen molar-refractivity contribution in [1.82, 2.24) is 9.97 Å². The Morgan fingerprint density at radius 2 is 1.97 bits per heavy atom. The number of methoxy groups -OCH3 is 1. The fourth-order valence-electron chi connectivity index (χ4n) is 3.83. The molecule has 31 heavy (non-hydrogen) atoms. The number of aromatic nitrogens is 2. The van der Waals surface area contributed by atoms with Gasteiger partial charge >= 0.3 is 0 Å². The van der Waals surface area contributed by atoms with Crippen LogP contribution in [0.3, 0.4) is 0 Å². The van der Waals surface area contributed by atoms with Gasteiger partial charge in [-0.1, -0.05) is 11.6 Å². The van der Waals surface area contributed by atoms with Crippen LogP contribution >= 0.6 is 27.5 Å². The van der Waals surface area contributed by atoms with E-state index in [0.29, 0.717) is 34.5 Å². The van der Waals surface area contributed by atoms with Crippen molar-refractivity contribution in [3.05, 3.63) is 46.2 Å². The van der Waals surface area contributed by atoms with Crippen molar-refractivity contribution in [2.75, 3.05) is 25.6 Å². The molecule has 1 aromatic heterocycles. The predicted octanol–water partition coefficient (Wildman–Crippen LogP) is 3.70. The SMILES string of the molecule is COc1cc2c(Nc3ccc(Br)c(Cl)c3)ncnc2cc1O[C@@H]1CO[C@@H]2[C@@H]1OC[C@@H]2O. The monoisotopic (exact) mass is 507 g/mol. The molecule has 2 aliphatic heterocycles. The fourth-order valence-corrected chi connectivity index (χ4v) is 4.26. The van der Waals surface area contributed by atoms with Crippen molar-refractivity contribution < 1.29 is 24.1 Å². The van der Waals surface area contributed by atoms with E-state index in [1.807, 2.05) is 18.2 Å². The summed E-state index contributed by atoms with van der Waals surface area (Å²) in [6, 6.07) is 9.19. The van der Waals surface area contributed by atoms with Crippen molar-refractivity contribution >= 4 is 49.9 Å². The van der Waals surface area contributed by atoms with Gasteiger partial charge in [0.05, 0.1) is 30.9 Å². The summed E-state index contributed by atoms with van der Waals surface area (Å²) in [4.78, 5) is 8.75. The van der Waals surface area contributed by atoms with E-state index < -0.39 is 6.10 Å². The lowest BCUT2D eigenvalue weighted by Gasteiger charge is -2.20. The molecule has 0 amide bonds. The Labute approximate surface area is 191 Å². The molecule has 2 aromatic carbocycles. The molecule has 3 heterocycles. The Bertz CT molecular complexity index is 1130. The first kappa shape index (κ1) is 20.7. The number of ether oxygens (including phenoxy) is 4. The standard InChI is InChI=1S/C21H19BrClN3O5/c1-28-16-5-11-14(6-17(16)31-18-8-30-19-15(27)7-29-20(18)19)24-9-25-21(11)26-10-2-3-12(22)13(23)4-10/h2-6,9,15,18-20,27H,7-8H2,1H3,(H,24,25,26)/t15-,18+,19-,20+/m0/s1. The number of aliphatic hydroxyl groups excluding tert-OH is 1. The lowest BCUT2D eigenvalue weighted by atomic mass is 10.1. The molecule has 162 valence electrons. The minimum Gasteiger partial charge on any atom is -0.493 e. The van der Waals surface area contributed by atoms with Gasteiger partial charge in [-0.25, -0.2) is 9.97 Å². The summed E-state index contributed by atoms with van der Waals surface area (Å²) in [6.07, 6.45) is -0.192. The zero-order valence-electron chi connectivity index (χ0n) is 16.4. The largest absolute Gasteiger partial charge is 0.493 e. The molecule has 2 saturated heterocycles. The van der Waals surface area contributed by atoms with Crippen LogP contribution in [-0.4, -0.2) is 59.8 Å². The van der Waals surface area contributed by atoms with Gasteiger partial charge < -0.3 is 29.4 Å². The van der Waals surface area contributed by atoms with Crippen LogP contribution in [0.15, 0.2) is 41.1 Å². The molecule has 0 spiro atoms. The number of hydrogen-bond donors (Lipinski definition) is 2. The topological polar surface area (TPSA) is 95.0 Å². The fraction of sp³-hybridized carbons (Fsp3) is 0.333. The molecule has 4 atom stereocenters. The van der Waals surface area contributed by atoms with E-state index >= 15 is 0 Å². The van der Waals surface area contributed by atoms with Crippen molar-refractivity contribution in [3.63, 3.8) is 0 Å². The van der Waals surface area contributed by atoms with Gasteiger partial charge in [0.1, 0.15) is 30.5 Å². The first-order valence-corrected chi connectivity index (χ1v) is 10.8. The number of halogens is 2. The number of benzene rings is 2. The predicted molar refractivity (Wildman–Crippen MR) is 118 cm³/mol. The van der Waals surface area contributed by atoms with Crippen LogP contribution in [0.1, 0.15) is 0 Å². The molecule has 0 aliphatic carbocycles. The van der Waals surface area contributed by atoms with Gasteiger partial charge in [-0.15, -0.1) is 0 Å². The van der Waals surface area contributed by atoms with Crippen LogP contribution in [0, 0.1) is 0 Å². The van der Waals surface area contributed by atoms with Crippen molar-refractivity contribution in [2.24, 2.45) is 0 Å². The molecular formula is C21H19BrClN3O5. The van der Waals surface area contributed by atoms with Gasteiger partial charge in [0.2, 0.25) is 0 Å². The lowest BCUT2D eigenvalue weighted by molar-refractivity contribution is 0.00823. The number of hydrogen-bond acceptors (Lipinski definition) is 8. The van der Waals surface area contributed by atoms with Crippen LogP contribution in [0.5, 0.6) is 11.5 Å². The van der Waals surface area contributed by atoms with E-state index in [1.54, 1.807) is 19.2 Å². The molecule has 0 bridgehead atoms. The smallest absolute Gasteiger partial charge is 0.164 e. The average Bonchev–Trinajstić information content (AvgIpc) is 3.34. The second-order valence-corrected chi connectivity index (χ2v) is 8.58. The van der Waals surface area contributed by atoms with Crippen molar-refractivity contribution in [3.8, 4) is 11.5 Å². The van der Waals surface area contributed by atoms with Gasteiger partial charge in [0.15, 0.2) is 17.6 Å². The zero-order chi connectivity index (χ0) is 21.5. The first-order chi connectivity index (χ1) is 15.0. The van der Waals surface area contributed by atoms with Gasteiger partial charge in [0.25, 0.3) is 0 Å². The van der Waals surface area contributed by atoms with Crippen molar-refractivity contribution in [1.29, 1.82) is 0 Å². The van der Waals surface area contributed by atoms with Crippen LogP contribution in [0.25, 0.3) is 10.9 Å². The number of anilines is 2. The maximum absolute atomic E-state index is 9.94. The third-order valence-corrected chi connectivity index (χ3v) is 6.60. The Morgan fingerprint density at radius 1 is 1.13 bits per heavy atom. The van der Waals surface area contributed by atoms with Gasteiger partial charge in [-0.3, -0.25) is 0 Å². The number of nitrogens with one attached hydrogen (secondary N) is 1. The van der Waals surface area contributed by atoms with E-state index in [1.165, 1.54) is 6.33 Å². The molecule has 10 heteroatoms. The molecule has 2 N–H and O–H groups in total. The molecule has 5 rings (SSSR count). The Hall–Kier alpha value is -2.17. The summed E-state index contributed by atoms with van der Waals surface area (Å²) in [5, 5.41) is 14.6. The Kier molecular flexibility index (Phi) is 5.61. The Balaban J connectivity index is 1.45. The average molecular weight is 509 g/mol. The van der Waals surface area contributed by atoms with E-state index in [4.69, 9.17) is 30.5 Å². The van der Waals surface area contributed by atoms with E-state index in [9.17, 15) is 5.11 Å². The first-order valence-electron chi connectivity index (χ1n) is 9.66. The highest BCUT2D eigenvalue weighted by Gasteiger charge is 2.48. The number of nitrogens with zero attached hydrogens (tertiary/aromatic N) is 2. The van der Waals surface area contributed by atoms with Gasteiger partial charge in [-0.05, 0) is 40.2 Å². The van der Waals surface area contributed by atoms with Crippen LogP contribution in [0.4, 0.5) is 11.5 Å². The molecule has 0 saturated carbocycles. The molecular weight excluding hydrogens is 490 g/mol. The Morgan fingerprint density at radius 3 is 2.77 bits per heavy atom. The minimum atomic E-state index is -0.634. The maximum Gasteiger partial charge on any atom is 0.164 e. The summed E-state index contributed by atoms with van der Waals surface area (Å²) in [6.45, 7) is 0.570. The summed E-state index contributed by atoms with van der Waals surface area (Å²) in [5.41, 5.74) is 1.47. The summed E-state index contributed by atoms with van der Waals surface area (Å²) in [7, 11) is 1.57. The van der Waals surface area contributed by atoms with Gasteiger partial charge in [0, 0.05) is 21.6 Å². The normalized spacial score (nSPS) is 24.9. The molecule has 8 nitrogen and oxygen atoms in total. The minimum absolute atomic E-state index is 0.242. The van der Waals surface area contributed by atoms with Crippen molar-refractivity contribution in [2.45, 2.75) is 24.4 Å². The highest BCUT2D eigenvalue weighted by molar-refractivity contribution is 9.10. The molecule has 2 fully saturated rings. The number of fused-ring (bicyclic) bond motifs is 2. The lowest BCUT2D eigenvalue weighted by Crippen LogP contribution is -2.34. The summed E-state index contributed by atoms with van der Waals surface area (Å²) >= 11 is 9.59. The highest BCUT2D eigenvalue weighted by Crippen LogP contribution is 2.38.